The molecule has 13 heavy (non-hydrogen) atoms. The first-order valence-corrected chi connectivity index (χ1v) is 3.79. The molecule has 0 aromatic carbocycles. The van der Waals surface area contributed by atoms with Gasteiger partial charge >= 0.3 is 12.1 Å². The zero-order valence-corrected chi connectivity index (χ0v) is 6.77. The van der Waals surface area contributed by atoms with Crippen LogP contribution < -0.4 is 0 Å². The van der Waals surface area contributed by atoms with E-state index < -0.39 is 23.9 Å². The van der Waals surface area contributed by atoms with Crippen molar-refractivity contribution < 1.29 is 24.6 Å². The summed E-state index contributed by atoms with van der Waals surface area (Å²) in [6.45, 7) is 0.109. The van der Waals surface area contributed by atoms with Gasteiger partial charge in [0, 0.05) is 13.0 Å². The van der Waals surface area contributed by atoms with Gasteiger partial charge in [-0.05, 0) is 6.42 Å². The molecule has 72 valence electrons. The largest absolute Gasteiger partial charge is 0.479 e. The molecule has 1 saturated heterocycles. The molecular weight excluding hydrogens is 178 g/mol. The molecule has 1 aliphatic heterocycles. The number of Topliss-reactive ketones (excluding diaryl/α,β-unsaturated/α-hetero) is 1. The second-order valence-electron chi connectivity index (χ2n) is 2.79. The number of amides is 1. The highest BCUT2D eigenvalue weighted by atomic mass is 16.4. The number of carbonyl (C=O) groups excluding carboxylic acids is 1. The molecule has 0 bridgehead atoms. The van der Waals surface area contributed by atoms with Crippen LogP contribution in [-0.4, -0.2) is 45.5 Å². The zero-order valence-electron chi connectivity index (χ0n) is 6.77. The Morgan fingerprint density at radius 3 is 2.38 bits per heavy atom. The Labute approximate surface area is 73.8 Å². The van der Waals surface area contributed by atoms with Crippen molar-refractivity contribution in [3.63, 3.8) is 0 Å². The van der Waals surface area contributed by atoms with Crippen LogP contribution in [-0.2, 0) is 9.59 Å². The van der Waals surface area contributed by atoms with E-state index in [-0.39, 0.29) is 13.0 Å². The molecule has 1 rings (SSSR count). The number of carboxylic acid groups (broad SMARTS) is 2. The summed E-state index contributed by atoms with van der Waals surface area (Å²) in [7, 11) is 0. The lowest BCUT2D eigenvalue weighted by Crippen LogP contribution is -2.52. The standard InChI is InChI=1S/C7H9NO5/c9-4-2-1-3-8(7(12)13)5(4)6(10)11/h5H,1-3H2,(H,10,11)(H,12,13). The fraction of sp³-hybridized carbons (Fsp3) is 0.571. The van der Waals surface area contributed by atoms with Crippen molar-refractivity contribution in [1.82, 2.24) is 4.90 Å². The highest BCUT2D eigenvalue weighted by Gasteiger charge is 2.38. The second kappa shape index (κ2) is 3.42. The molecule has 1 unspecified atom stereocenters. The van der Waals surface area contributed by atoms with Gasteiger partial charge in [0.15, 0.2) is 11.8 Å². The summed E-state index contributed by atoms with van der Waals surface area (Å²) in [5.74, 6) is -1.94. The second-order valence-corrected chi connectivity index (χ2v) is 2.79. The number of hydrogen-bond donors (Lipinski definition) is 2. The Hall–Kier alpha value is -1.59. The maximum atomic E-state index is 11.1. The molecule has 1 heterocycles. The number of nitrogens with zero attached hydrogens (tertiary/aromatic N) is 1. The van der Waals surface area contributed by atoms with E-state index in [4.69, 9.17) is 10.2 Å². The average Bonchev–Trinajstić information content (AvgIpc) is 2.02. The third-order valence-corrected chi connectivity index (χ3v) is 1.92. The van der Waals surface area contributed by atoms with E-state index in [1.54, 1.807) is 0 Å². The van der Waals surface area contributed by atoms with Gasteiger partial charge in [-0.3, -0.25) is 9.69 Å². The maximum absolute atomic E-state index is 11.1. The number of likely N-dealkylation sites (tertiary alicyclic amines) is 1. The van der Waals surface area contributed by atoms with Gasteiger partial charge in [-0.1, -0.05) is 0 Å². The summed E-state index contributed by atoms with van der Waals surface area (Å²) in [5.41, 5.74) is 0. The quantitative estimate of drug-likeness (QED) is 0.553. The number of carboxylic acids is 1. The van der Waals surface area contributed by atoms with E-state index in [9.17, 15) is 14.4 Å². The SMILES string of the molecule is O=C(O)C1C(=O)CCCN1C(=O)O. The summed E-state index contributed by atoms with van der Waals surface area (Å²) in [4.78, 5) is 32.8. The van der Waals surface area contributed by atoms with Crippen LogP contribution in [0.2, 0.25) is 0 Å². The van der Waals surface area contributed by atoms with E-state index in [2.05, 4.69) is 0 Å². The van der Waals surface area contributed by atoms with Gasteiger partial charge in [0.1, 0.15) is 0 Å². The minimum absolute atomic E-state index is 0.109. The lowest BCUT2D eigenvalue weighted by atomic mass is 10.0. The predicted molar refractivity (Wildman–Crippen MR) is 40.4 cm³/mol. The zero-order chi connectivity index (χ0) is 10.0. The number of hydrogen-bond acceptors (Lipinski definition) is 3. The Morgan fingerprint density at radius 2 is 2.00 bits per heavy atom. The van der Waals surface area contributed by atoms with E-state index in [1.807, 2.05) is 0 Å². The Morgan fingerprint density at radius 1 is 1.38 bits per heavy atom. The van der Waals surface area contributed by atoms with E-state index in [0.717, 1.165) is 0 Å². The van der Waals surface area contributed by atoms with Crippen LogP contribution in [0, 0.1) is 0 Å². The van der Waals surface area contributed by atoms with Crippen LogP contribution in [0.3, 0.4) is 0 Å². The number of ketones is 1. The number of carbonyl (C=O) groups is 3. The monoisotopic (exact) mass is 187 g/mol. The van der Waals surface area contributed by atoms with Crippen LogP contribution in [0.1, 0.15) is 12.8 Å². The molecule has 2 N–H and O–H groups in total. The summed E-state index contributed by atoms with van der Waals surface area (Å²) in [5, 5.41) is 17.2. The minimum Gasteiger partial charge on any atom is -0.479 e. The van der Waals surface area contributed by atoms with Gasteiger partial charge in [-0.15, -0.1) is 0 Å². The number of rotatable bonds is 1. The topological polar surface area (TPSA) is 94.9 Å². The molecule has 6 nitrogen and oxygen atoms in total. The number of aliphatic carboxylic acids is 1. The molecule has 0 spiro atoms. The average molecular weight is 187 g/mol. The molecule has 1 fully saturated rings. The Kier molecular flexibility index (Phi) is 2.50. The van der Waals surface area contributed by atoms with Crippen LogP contribution >= 0.6 is 0 Å². The van der Waals surface area contributed by atoms with Gasteiger partial charge in [0.25, 0.3) is 0 Å². The first-order chi connectivity index (χ1) is 6.04. The van der Waals surface area contributed by atoms with Gasteiger partial charge < -0.3 is 10.2 Å². The highest BCUT2D eigenvalue weighted by Crippen LogP contribution is 2.13. The smallest absolute Gasteiger partial charge is 0.408 e. The molecule has 1 atom stereocenters. The van der Waals surface area contributed by atoms with Crippen molar-refractivity contribution >= 4 is 17.8 Å². The fourth-order valence-electron chi connectivity index (χ4n) is 1.34. The fourth-order valence-corrected chi connectivity index (χ4v) is 1.34. The molecule has 1 amide bonds. The summed E-state index contributed by atoms with van der Waals surface area (Å²) >= 11 is 0. The van der Waals surface area contributed by atoms with Crippen molar-refractivity contribution in [3.05, 3.63) is 0 Å². The molecule has 0 radical (unpaired) electrons. The summed E-state index contributed by atoms with van der Waals surface area (Å²) in [6, 6.07) is -1.51. The Bertz CT molecular complexity index is 262. The molecule has 1 aliphatic rings. The third-order valence-electron chi connectivity index (χ3n) is 1.92. The minimum atomic E-state index is -1.51. The molecular formula is C7H9NO5. The van der Waals surface area contributed by atoms with E-state index in [0.29, 0.717) is 11.3 Å². The molecule has 6 heteroatoms. The van der Waals surface area contributed by atoms with Gasteiger partial charge in [0.2, 0.25) is 0 Å². The first-order valence-electron chi connectivity index (χ1n) is 3.79. The molecule has 0 aliphatic carbocycles. The van der Waals surface area contributed by atoms with Crippen molar-refractivity contribution in [2.45, 2.75) is 18.9 Å². The van der Waals surface area contributed by atoms with Crippen molar-refractivity contribution in [1.29, 1.82) is 0 Å². The molecule has 0 aromatic rings. The molecule has 0 saturated carbocycles. The normalized spacial score (nSPS) is 22.9. The van der Waals surface area contributed by atoms with Crippen molar-refractivity contribution in [2.75, 3.05) is 6.54 Å². The van der Waals surface area contributed by atoms with Crippen LogP contribution in [0.5, 0.6) is 0 Å². The Balaban J connectivity index is 2.86. The summed E-state index contributed by atoms with van der Waals surface area (Å²) < 4.78 is 0. The van der Waals surface area contributed by atoms with Crippen LogP contribution in [0.25, 0.3) is 0 Å². The molecule has 0 aromatic heterocycles. The summed E-state index contributed by atoms with van der Waals surface area (Å²) in [6.07, 6.45) is -0.823. The van der Waals surface area contributed by atoms with Crippen LogP contribution in [0.15, 0.2) is 0 Å². The van der Waals surface area contributed by atoms with E-state index in [1.165, 1.54) is 0 Å². The van der Waals surface area contributed by atoms with Gasteiger partial charge in [0.05, 0.1) is 0 Å². The number of piperidine rings is 1. The van der Waals surface area contributed by atoms with Crippen molar-refractivity contribution in [2.24, 2.45) is 0 Å². The van der Waals surface area contributed by atoms with Crippen LogP contribution in [0.4, 0.5) is 4.79 Å². The maximum Gasteiger partial charge on any atom is 0.408 e. The van der Waals surface area contributed by atoms with Gasteiger partial charge in [-0.2, -0.15) is 0 Å². The predicted octanol–water partition coefficient (Wildman–Crippen LogP) is -0.218. The lowest BCUT2D eigenvalue weighted by molar-refractivity contribution is -0.148. The van der Waals surface area contributed by atoms with E-state index >= 15 is 0 Å². The third kappa shape index (κ3) is 1.77. The van der Waals surface area contributed by atoms with Crippen molar-refractivity contribution in [3.8, 4) is 0 Å². The van der Waals surface area contributed by atoms with Gasteiger partial charge in [-0.25, -0.2) is 9.59 Å². The first kappa shape index (κ1) is 9.50. The lowest BCUT2D eigenvalue weighted by Gasteiger charge is -2.28. The highest BCUT2D eigenvalue weighted by molar-refractivity contribution is 6.04.